The topological polar surface area (TPSA) is 36.1 Å². The van der Waals surface area contributed by atoms with E-state index in [0.29, 0.717) is 18.0 Å². The van der Waals surface area contributed by atoms with Gasteiger partial charge in [0.05, 0.1) is 6.04 Å². The monoisotopic (exact) mass is 292 g/mol. The molecular weight excluding hydrogens is 272 g/mol. The SMILES string of the molecule is C/C=C1/CN2[C@H]3C[C@H]1C(C=O)[C@@H]2Cc1c3[nH]c2ccccc12. The van der Waals surface area contributed by atoms with Gasteiger partial charge in [0.1, 0.15) is 6.29 Å². The highest BCUT2D eigenvalue weighted by Gasteiger charge is 2.52. The average Bonchev–Trinajstić information content (AvgIpc) is 2.93. The second-order valence-corrected chi connectivity index (χ2v) is 6.94. The van der Waals surface area contributed by atoms with E-state index in [-0.39, 0.29) is 5.92 Å². The predicted molar refractivity (Wildman–Crippen MR) is 86.7 cm³/mol. The third-order valence-corrected chi connectivity index (χ3v) is 6.17. The lowest BCUT2D eigenvalue weighted by Crippen LogP contribution is -2.60. The van der Waals surface area contributed by atoms with Gasteiger partial charge in [0.25, 0.3) is 0 Å². The van der Waals surface area contributed by atoms with Gasteiger partial charge in [-0.3, -0.25) is 4.90 Å². The van der Waals surface area contributed by atoms with Gasteiger partial charge in [0.2, 0.25) is 0 Å². The molecule has 1 N–H and O–H groups in total. The van der Waals surface area contributed by atoms with E-state index in [4.69, 9.17) is 0 Å². The van der Waals surface area contributed by atoms with Crippen LogP contribution in [0.4, 0.5) is 0 Å². The average molecular weight is 292 g/mol. The number of allylic oxidation sites excluding steroid dienone is 1. The molecule has 0 radical (unpaired) electrons. The van der Waals surface area contributed by atoms with Gasteiger partial charge in [-0.25, -0.2) is 0 Å². The van der Waals surface area contributed by atoms with Crippen LogP contribution in [0.25, 0.3) is 10.9 Å². The molecule has 4 aliphatic heterocycles. The zero-order valence-corrected chi connectivity index (χ0v) is 12.8. The molecule has 0 spiro atoms. The number of fused-ring (bicyclic) bond motifs is 4. The smallest absolute Gasteiger partial charge is 0.125 e. The fourth-order valence-corrected chi connectivity index (χ4v) is 5.17. The van der Waals surface area contributed by atoms with E-state index < -0.39 is 0 Å². The minimum Gasteiger partial charge on any atom is -0.357 e. The maximum atomic E-state index is 11.8. The summed E-state index contributed by atoms with van der Waals surface area (Å²) in [5, 5.41) is 1.35. The number of carbonyl (C=O) groups is 1. The van der Waals surface area contributed by atoms with Crippen molar-refractivity contribution in [3.05, 3.63) is 47.2 Å². The van der Waals surface area contributed by atoms with Gasteiger partial charge in [0.15, 0.2) is 0 Å². The van der Waals surface area contributed by atoms with Crippen LogP contribution in [-0.2, 0) is 11.2 Å². The molecule has 4 aliphatic rings. The first-order valence-electron chi connectivity index (χ1n) is 8.27. The van der Waals surface area contributed by atoms with Crippen molar-refractivity contribution >= 4 is 17.2 Å². The normalized spacial score (nSPS) is 37.5. The van der Waals surface area contributed by atoms with Crippen molar-refractivity contribution in [3.8, 4) is 0 Å². The van der Waals surface area contributed by atoms with Crippen molar-refractivity contribution in [2.75, 3.05) is 6.54 Å². The molecule has 3 fully saturated rings. The predicted octanol–water partition coefficient (Wildman–Crippen LogP) is 3.23. The number of hydrogen-bond acceptors (Lipinski definition) is 2. The molecular formula is C19H20N2O. The highest BCUT2D eigenvalue weighted by atomic mass is 16.1. The number of para-hydroxylation sites is 1. The van der Waals surface area contributed by atoms with E-state index in [1.165, 1.54) is 34.0 Å². The number of benzene rings is 1. The standard InChI is InChI=1S/C19H20N2O/c1-2-11-9-21-17-8-14-12-5-3-4-6-16(12)20-19(14)18(21)7-13(11)15(17)10-22/h2-6,10,13,15,17-18,20H,7-9H2,1H3/b11-2-/t13-,15?,17+,18+/m1/s1. The zero-order chi connectivity index (χ0) is 14.8. The van der Waals surface area contributed by atoms with E-state index in [9.17, 15) is 4.79 Å². The number of hydrogen-bond donors (Lipinski definition) is 1. The van der Waals surface area contributed by atoms with Crippen molar-refractivity contribution in [1.82, 2.24) is 9.88 Å². The molecule has 0 saturated carbocycles. The molecule has 0 amide bonds. The molecule has 1 aromatic heterocycles. The van der Waals surface area contributed by atoms with Gasteiger partial charge in [-0.15, -0.1) is 0 Å². The molecule has 6 rings (SSSR count). The zero-order valence-electron chi connectivity index (χ0n) is 12.8. The number of nitrogens with zero attached hydrogens (tertiary/aromatic N) is 1. The van der Waals surface area contributed by atoms with E-state index in [1.807, 2.05) is 0 Å². The van der Waals surface area contributed by atoms with E-state index in [1.54, 1.807) is 0 Å². The fraction of sp³-hybridized carbons (Fsp3) is 0.421. The summed E-state index contributed by atoms with van der Waals surface area (Å²) in [5.74, 6) is 0.611. The Balaban J connectivity index is 1.70. The highest BCUT2D eigenvalue weighted by molar-refractivity contribution is 5.85. The first-order chi connectivity index (χ1) is 10.8. The van der Waals surface area contributed by atoms with Crippen LogP contribution in [0.5, 0.6) is 0 Å². The Bertz CT molecular complexity index is 803. The van der Waals surface area contributed by atoms with E-state index in [0.717, 1.165) is 19.4 Å². The first-order valence-corrected chi connectivity index (χ1v) is 8.27. The second-order valence-electron chi connectivity index (χ2n) is 6.94. The maximum absolute atomic E-state index is 11.8. The van der Waals surface area contributed by atoms with Crippen LogP contribution >= 0.6 is 0 Å². The van der Waals surface area contributed by atoms with E-state index >= 15 is 0 Å². The fourth-order valence-electron chi connectivity index (χ4n) is 5.17. The van der Waals surface area contributed by atoms with Crippen molar-refractivity contribution in [2.45, 2.75) is 31.8 Å². The Kier molecular flexibility index (Phi) is 2.49. The second kappa shape index (κ2) is 4.32. The molecule has 22 heavy (non-hydrogen) atoms. The van der Waals surface area contributed by atoms with Gasteiger partial charge in [-0.2, -0.15) is 0 Å². The summed E-state index contributed by atoms with van der Waals surface area (Å²) in [6.45, 7) is 3.15. The molecule has 3 heteroatoms. The number of aromatic nitrogens is 1. The van der Waals surface area contributed by atoms with Gasteiger partial charge >= 0.3 is 0 Å². The van der Waals surface area contributed by atoms with Crippen molar-refractivity contribution in [2.24, 2.45) is 11.8 Å². The number of aromatic amines is 1. The summed E-state index contributed by atoms with van der Waals surface area (Å²) in [5.41, 5.74) is 5.56. The largest absolute Gasteiger partial charge is 0.357 e. The summed E-state index contributed by atoms with van der Waals surface area (Å²) in [4.78, 5) is 18.0. The molecule has 5 atom stereocenters. The number of carbonyl (C=O) groups excluding carboxylic acids is 1. The molecule has 5 heterocycles. The van der Waals surface area contributed by atoms with Crippen LogP contribution in [-0.4, -0.2) is 28.8 Å². The van der Waals surface area contributed by atoms with Gasteiger partial charge in [0, 0.05) is 35.1 Å². The van der Waals surface area contributed by atoms with E-state index in [2.05, 4.69) is 47.1 Å². The molecule has 0 aliphatic carbocycles. The Morgan fingerprint density at radius 3 is 3.00 bits per heavy atom. The molecule has 2 aromatic rings. The quantitative estimate of drug-likeness (QED) is 0.647. The van der Waals surface area contributed by atoms with Gasteiger partial charge in [-0.05, 0) is 37.3 Å². The minimum atomic E-state index is 0.165. The molecule has 3 nitrogen and oxygen atoms in total. The highest BCUT2D eigenvalue weighted by Crippen LogP contribution is 2.53. The summed E-state index contributed by atoms with van der Waals surface area (Å²) in [7, 11) is 0. The molecule has 4 bridgehead atoms. The van der Waals surface area contributed by atoms with Crippen molar-refractivity contribution in [1.29, 1.82) is 0 Å². The number of nitrogens with one attached hydrogen (secondary N) is 1. The Hall–Kier alpha value is -1.87. The van der Waals surface area contributed by atoms with Gasteiger partial charge in [-0.1, -0.05) is 29.8 Å². The number of rotatable bonds is 1. The lowest BCUT2D eigenvalue weighted by atomic mass is 9.64. The number of H-pyrrole nitrogens is 1. The molecule has 1 aromatic carbocycles. The van der Waals surface area contributed by atoms with Crippen LogP contribution in [0, 0.1) is 11.8 Å². The van der Waals surface area contributed by atoms with Crippen LogP contribution < -0.4 is 0 Å². The minimum absolute atomic E-state index is 0.165. The van der Waals surface area contributed by atoms with Gasteiger partial charge < -0.3 is 9.78 Å². The Morgan fingerprint density at radius 1 is 1.32 bits per heavy atom. The molecule has 2 unspecified atom stereocenters. The Labute approximate surface area is 130 Å². The summed E-state index contributed by atoms with van der Waals surface area (Å²) in [6.07, 6.45) is 5.54. The number of piperidine rings is 3. The first kappa shape index (κ1) is 12.7. The lowest BCUT2D eigenvalue weighted by molar-refractivity contribution is -0.121. The summed E-state index contributed by atoms with van der Waals surface area (Å²) in [6, 6.07) is 9.44. The number of aldehydes is 1. The van der Waals surface area contributed by atoms with Crippen LogP contribution in [0.15, 0.2) is 35.9 Å². The van der Waals surface area contributed by atoms with Crippen molar-refractivity contribution in [3.63, 3.8) is 0 Å². The lowest BCUT2D eigenvalue weighted by Gasteiger charge is -2.57. The third-order valence-electron chi connectivity index (χ3n) is 6.17. The molecule has 3 saturated heterocycles. The summed E-state index contributed by atoms with van der Waals surface area (Å²) >= 11 is 0. The van der Waals surface area contributed by atoms with Crippen molar-refractivity contribution < 1.29 is 4.79 Å². The van der Waals surface area contributed by atoms with Crippen LogP contribution in [0.2, 0.25) is 0 Å². The van der Waals surface area contributed by atoms with Crippen LogP contribution in [0.1, 0.15) is 30.6 Å². The Morgan fingerprint density at radius 2 is 2.18 bits per heavy atom. The third kappa shape index (κ3) is 1.42. The maximum Gasteiger partial charge on any atom is 0.125 e. The van der Waals surface area contributed by atoms with Crippen LogP contribution in [0.3, 0.4) is 0 Å². The summed E-state index contributed by atoms with van der Waals surface area (Å²) < 4.78 is 0. The molecule has 112 valence electrons.